The Morgan fingerprint density at radius 1 is 0.939 bits per heavy atom. The van der Waals surface area contributed by atoms with Gasteiger partial charge in [0.2, 0.25) is 10.0 Å². The van der Waals surface area contributed by atoms with Crippen LogP contribution in [-0.4, -0.2) is 19.7 Å². The fourth-order valence-electron chi connectivity index (χ4n) is 3.65. The predicted octanol–water partition coefficient (Wildman–Crippen LogP) is 5.83. The molecular formula is C24H16F3N3O2S. The Morgan fingerprint density at radius 3 is 2.24 bits per heavy atom. The highest BCUT2D eigenvalue weighted by Gasteiger charge is 2.33. The second-order valence-electron chi connectivity index (χ2n) is 7.39. The van der Waals surface area contributed by atoms with E-state index in [0.29, 0.717) is 16.8 Å². The van der Waals surface area contributed by atoms with Crippen molar-refractivity contribution in [2.45, 2.75) is 6.18 Å². The summed E-state index contributed by atoms with van der Waals surface area (Å²) in [7, 11) is -3.41. The van der Waals surface area contributed by atoms with Gasteiger partial charge in [-0.2, -0.15) is 18.4 Å². The van der Waals surface area contributed by atoms with E-state index in [4.69, 9.17) is 0 Å². The van der Waals surface area contributed by atoms with Gasteiger partial charge >= 0.3 is 6.18 Å². The molecule has 0 aliphatic carbocycles. The first kappa shape index (κ1) is 22.3. The van der Waals surface area contributed by atoms with Gasteiger partial charge in [0.05, 0.1) is 22.9 Å². The maximum absolute atomic E-state index is 13.5. The van der Waals surface area contributed by atoms with Crippen molar-refractivity contribution < 1.29 is 21.6 Å². The van der Waals surface area contributed by atoms with Crippen molar-refractivity contribution >= 4 is 26.6 Å². The average molecular weight is 467 g/mol. The first-order chi connectivity index (χ1) is 15.6. The molecule has 0 radical (unpaired) electrons. The molecule has 0 atom stereocenters. The zero-order valence-corrected chi connectivity index (χ0v) is 18.0. The lowest BCUT2D eigenvalue weighted by Gasteiger charge is -2.14. The van der Waals surface area contributed by atoms with E-state index in [1.54, 1.807) is 42.5 Å². The maximum atomic E-state index is 13.5. The van der Waals surface area contributed by atoms with Gasteiger partial charge in [-0.25, -0.2) is 8.42 Å². The second-order valence-corrected chi connectivity index (χ2v) is 9.14. The molecule has 0 aliphatic heterocycles. The molecule has 5 nitrogen and oxygen atoms in total. The highest BCUT2D eigenvalue weighted by molar-refractivity contribution is 7.92. The molecule has 1 heterocycles. The Kier molecular flexibility index (Phi) is 5.56. The number of para-hydroxylation sites is 1. The molecule has 0 spiro atoms. The number of nitrogens with zero attached hydrogens (tertiary/aromatic N) is 2. The molecule has 0 aliphatic rings. The maximum Gasteiger partial charge on any atom is 0.418 e. The lowest BCUT2D eigenvalue weighted by Crippen LogP contribution is -2.09. The minimum Gasteiger partial charge on any atom is -0.284 e. The molecule has 0 saturated carbocycles. The predicted molar refractivity (Wildman–Crippen MR) is 121 cm³/mol. The van der Waals surface area contributed by atoms with Crippen LogP contribution >= 0.6 is 0 Å². The topological polar surface area (TPSA) is 82.9 Å². The van der Waals surface area contributed by atoms with Crippen LogP contribution in [0.1, 0.15) is 11.1 Å². The van der Waals surface area contributed by atoms with Gasteiger partial charge in [-0.05, 0) is 41.0 Å². The number of pyridine rings is 1. The van der Waals surface area contributed by atoms with Crippen molar-refractivity contribution in [2.75, 3.05) is 11.0 Å². The number of hydrogen-bond acceptors (Lipinski definition) is 4. The number of fused-ring (bicyclic) bond motifs is 1. The Balaban J connectivity index is 1.85. The molecule has 33 heavy (non-hydrogen) atoms. The Labute approximate surface area is 188 Å². The molecule has 1 N–H and O–H groups in total. The third kappa shape index (κ3) is 4.66. The number of hydrogen-bond donors (Lipinski definition) is 1. The van der Waals surface area contributed by atoms with Gasteiger partial charge in [0, 0.05) is 22.8 Å². The van der Waals surface area contributed by atoms with Gasteiger partial charge in [0.1, 0.15) is 6.07 Å². The van der Waals surface area contributed by atoms with Crippen LogP contribution in [0.25, 0.3) is 33.2 Å². The van der Waals surface area contributed by atoms with Crippen molar-refractivity contribution in [3.8, 4) is 28.3 Å². The first-order valence-electron chi connectivity index (χ1n) is 9.64. The van der Waals surface area contributed by atoms with E-state index in [-0.39, 0.29) is 16.5 Å². The van der Waals surface area contributed by atoms with Crippen LogP contribution in [0, 0.1) is 11.3 Å². The summed E-state index contributed by atoms with van der Waals surface area (Å²) in [6.45, 7) is 0. The number of alkyl halides is 3. The molecule has 166 valence electrons. The number of anilines is 1. The molecule has 0 unspecified atom stereocenters. The second kappa shape index (κ2) is 8.22. The molecule has 4 rings (SSSR count). The van der Waals surface area contributed by atoms with Crippen LogP contribution in [0.4, 0.5) is 18.9 Å². The molecule has 0 saturated heterocycles. The van der Waals surface area contributed by atoms with Crippen molar-refractivity contribution in [3.63, 3.8) is 0 Å². The molecule has 0 bridgehead atoms. The smallest absolute Gasteiger partial charge is 0.284 e. The summed E-state index contributed by atoms with van der Waals surface area (Å²) < 4.78 is 65.7. The number of nitrogens with one attached hydrogen (secondary N) is 1. The first-order valence-corrected chi connectivity index (χ1v) is 11.5. The molecule has 0 amide bonds. The number of nitriles is 1. The highest BCUT2D eigenvalue weighted by atomic mass is 32.2. The fraction of sp³-hybridized carbons (Fsp3) is 0.0833. The molecular weight excluding hydrogens is 451 g/mol. The lowest BCUT2D eigenvalue weighted by atomic mass is 9.93. The van der Waals surface area contributed by atoms with Crippen molar-refractivity contribution in [1.29, 1.82) is 5.26 Å². The van der Waals surface area contributed by atoms with E-state index < -0.39 is 21.8 Å². The van der Waals surface area contributed by atoms with E-state index in [1.165, 1.54) is 12.1 Å². The third-order valence-electron chi connectivity index (χ3n) is 5.00. The number of sulfonamides is 1. The van der Waals surface area contributed by atoms with Crippen molar-refractivity contribution in [2.24, 2.45) is 0 Å². The van der Waals surface area contributed by atoms with E-state index in [1.807, 2.05) is 12.1 Å². The molecule has 0 fully saturated rings. The summed E-state index contributed by atoms with van der Waals surface area (Å²) in [4.78, 5) is 3.93. The zero-order valence-electron chi connectivity index (χ0n) is 17.2. The number of benzene rings is 3. The Bertz CT molecular complexity index is 1510. The van der Waals surface area contributed by atoms with E-state index in [0.717, 1.165) is 29.6 Å². The number of rotatable bonds is 4. The largest absolute Gasteiger partial charge is 0.418 e. The summed E-state index contributed by atoms with van der Waals surface area (Å²) >= 11 is 0. The van der Waals surface area contributed by atoms with Gasteiger partial charge in [0.25, 0.3) is 0 Å². The SMILES string of the molecule is CS(=O)(=O)Nc1ccc(-c2cccc(-c3c(C#N)cnc4c(C(F)(F)F)cccc34)c2)cc1. The fourth-order valence-corrected chi connectivity index (χ4v) is 4.21. The third-order valence-corrected chi connectivity index (χ3v) is 5.60. The normalized spacial score (nSPS) is 11.8. The van der Waals surface area contributed by atoms with Gasteiger partial charge in [-0.1, -0.05) is 42.5 Å². The van der Waals surface area contributed by atoms with Gasteiger partial charge in [0.15, 0.2) is 0 Å². The number of aromatic nitrogens is 1. The van der Waals surface area contributed by atoms with E-state index >= 15 is 0 Å². The van der Waals surface area contributed by atoms with Crippen LogP contribution < -0.4 is 4.72 Å². The summed E-state index contributed by atoms with van der Waals surface area (Å²) in [6, 6.07) is 19.5. The molecule has 9 heteroatoms. The van der Waals surface area contributed by atoms with Gasteiger partial charge in [-0.3, -0.25) is 9.71 Å². The minimum atomic E-state index is -4.58. The Morgan fingerprint density at radius 2 is 1.61 bits per heavy atom. The molecule has 1 aromatic heterocycles. The van der Waals surface area contributed by atoms with Crippen LogP contribution in [0.15, 0.2) is 72.9 Å². The lowest BCUT2D eigenvalue weighted by molar-refractivity contribution is -0.136. The summed E-state index contributed by atoms with van der Waals surface area (Å²) in [5, 5.41) is 9.84. The minimum absolute atomic E-state index is 0.159. The van der Waals surface area contributed by atoms with Crippen LogP contribution in [0.2, 0.25) is 0 Å². The quantitative estimate of drug-likeness (QED) is 0.409. The van der Waals surface area contributed by atoms with Crippen molar-refractivity contribution in [3.05, 3.63) is 84.1 Å². The van der Waals surface area contributed by atoms with Crippen LogP contribution in [0.5, 0.6) is 0 Å². The summed E-state index contributed by atoms with van der Waals surface area (Å²) in [6.07, 6.45) is -2.37. The van der Waals surface area contributed by atoms with Gasteiger partial charge in [-0.15, -0.1) is 0 Å². The number of halogens is 3. The summed E-state index contributed by atoms with van der Waals surface area (Å²) in [5.74, 6) is 0. The van der Waals surface area contributed by atoms with Crippen molar-refractivity contribution in [1.82, 2.24) is 4.98 Å². The zero-order chi connectivity index (χ0) is 23.8. The van der Waals surface area contributed by atoms with Gasteiger partial charge < -0.3 is 0 Å². The van der Waals surface area contributed by atoms with Crippen LogP contribution in [-0.2, 0) is 16.2 Å². The standard InChI is InChI=1S/C24H16F3N3O2S/c1-33(31,32)30-19-10-8-15(9-11-19)16-4-2-5-17(12-16)22-18(13-28)14-29-23-20(22)6-3-7-21(23)24(25,26)27/h2-12,14,30H,1H3. The van der Waals surface area contributed by atoms with E-state index in [9.17, 15) is 26.9 Å². The summed E-state index contributed by atoms with van der Waals surface area (Å²) in [5.41, 5.74) is 1.93. The highest BCUT2D eigenvalue weighted by Crippen LogP contribution is 2.39. The monoisotopic (exact) mass is 467 g/mol. The van der Waals surface area contributed by atoms with Crippen LogP contribution in [0.3, 0.4) is 0 Å². The molecule has 3 aromatic carbocycles. The Hall–Kier alpha value is -3.90. The van der Waals surface area contributed by atoms with E-state index in [2.05, 4.69) is 9.71 Å². The molecule has 4 aromatic rings. The average Bonchev–Trinajstić information content (AvgIpc) is 2.76.